The van der Waals surface area contributed by atoms with Crippen LogP contribution in [0.15, 0.2) is 42.5 Å². The molecule has 0 amide bonds. The van der Waals surface area contributed by atoms with Gasteiger partial charge in [0.1, 0.15) is 11.4 Å². The van der Waals surface area contributed by atoms with Crippen molar-refractivity contribution in [3.63, 3.8) is 0 Å². The molecule has 1 unspecified atom stereocenters. The quantitative estimate of drug-likeness (QED) is 0.847. The number of rotatable bonds is 4. The highest BCUT2D eigenvalue weighted by atomic mass is 16.5. The smallest absolute Gasteiger partial charge is 0.125 e. The van der Waals surface area contributed by atoms with Gasteiger partial charge in [0.15, 0.2) is 0 Å². The molecule has 1 atom stereocenters. The Kier molecular flexibility index (Phi) is 3.60. The van der Waals surface area contributed by atoms with Crippen molar-refractivity contribution in [3.8, 4) is 5.75 Å². The molecule has 2 aromatic rings. The minimum absolute atomic E-state index is 0.654. The minimum Gasteiger partial charge on any atom is -0.493 e. The Morgan fingerprint density at radius 1 is 1.19 bits per heavy atom. The number of fused-ring (bicyclic) bond motifs is 1. The molecule has 0 spiro atoms. The van der Waals surface area contributed by atoms with Crippen LogP contribution in [0, 0.1) is 0 Å². The summed E-state index contributed by atoms with van der Waals surface area (Å²) in [6.45, 7) is 2.73. The van der Waals surface area contributed by atoms with Gasteiger partial charge < -0.3 is 15.6 Å². The second-order valence-corrected chi connectivity index (χ2v) is 5.62. The van der Waals surface area contributed by atoms with E-state index in [4.69, 9.17) is 10.5 Å². The average Bonchev–Trinajstić information content (AvgIpc) is 2.83. The van der Waals surface area contributed by atoms with Gasteiger partial charge in [0.05, 0.1) is 6.61 Å². The molecule has 21 heavy (non-hydrogen) atoms. The lowest BCUT2D eigenvalue weighted by molar-refractivity contribution is 0.0790. The van der Waals surface area contributed by atoms with Crippen molar-refractivity contribution in [1.82, 2.24) is 0 Å². The number of aliphatic hydroxyl groups is 1. The van der Waals surface area contributed by atoms with Crippen LogP contribution in [-0.2, 0) is 12.0 Å². The second kappa shape index (κ2) is 5.41. The predicted molar refractivity (Wildman–Crippen MR) is 84.4 cm³/mol. The Labute approximate surface area is 125 Å². The van der Waals surface area contributed by atoms with Crippen LogP contribution in [0.3, 0.4) is 0 Å². The van der Waals surface area contributed by atoms with Gasteiger partial charge in [-0.25, -0.2) is 0 Å². The zero-order valence-corrected chi connectivity index (χ0v) is 12.3. The topological polar surface area (TPSA) is 55.5 Å². The second-order valence-electron chi connectivity index (χ2n) is 5.62. The van der Waals surface area contributed by atoms with Crippen molar-refractivity contribution in [2.45, 2.75) is 31.8 Å². The molecule has 1 aliphatic rings. The number of nitrogen functional groups attached to an aromatic ring is 1. The molecule has 0 aliphatic heterocycles. The molecule has 0 saturated carbocycles. The summed E-state index contributed by atoms with van der Waals surface area (Å²) in [4.78, 5) is 0. The molecule has 1 aliphatic carbocycles. The van der Waals surface area contributed by atoms with Gasteiger partial charge in [-0.3, -0.25) is 0 Å². The SMILES string of the molecule is CCCOc1ccccc1C1(O)CCc2cc(N)ccc21. The van der Waals surface area contributed by atoms with E-state index in [1.54, 1.807) is 0 Å². The summed E-state index contributed by atoms with van der Waals surface area (Å²) in [6.07, 6.45) is 2.44. The van der Waals surface area contributed by atoms with Gasteiger partial charge in [-0.2, -0.15) is 0 Å². The van der Waals surface area contributed by atoms with Crippen molar-refractivity contribution in [3.05, 3.63) is 59.2 Å². The maximum atomic E-state index is 11.3. The first-order valence-electron chi connectivity index (χ1n) is 7.48. The van der Waals surface area contributed by atoms with E-state index in [1.165, 1.54) is 0 Å². The van der Waals surface area contributed by atoms with E-state index in [9.17, 15) is 5.11 Å². The number of anilines is 1. The van der Waals surface area contributed by atoms with Crippen LogP contribution in [0.4, 0.5) is 5.69 Å². The fourth-order valence-corrected chi connectivity index (χ4v) is 3.10. The van der Waals surface area contributed by atoms with E-state index >= 15 is 0 Å². The van der Waals surface area contributed by atoms with E-state index in [-0.39, 0.29) is 0 Å². The van der Waals surface area contributed by atoms with E-state index in [1.807, 2.05) is 42.5 Å². The fraction of sp³-hybridized carbons (Fsp3) is 0.333. The Bertz CT molecular complexity index is 653. The summed E-state index contributed by atoms with van der Waals surface area (Å²) in [6, 6.07) is 13.5. The first kappa shape index (κ1) is 14.0. The lowest BCUT2D eigenvalue weighted by Crippen LogP contribution is -2.25. The van der Waals surface area contributed by atoms with Crippen LogP contribution < -0.4 is 10.5 Å². The van der Waals surface area contributed by atoms with E-state index in [0.29, 0.717) is 13.0 Å². The largest absolute Gasteiger partial charge is 0.493 e. The van der Waals surface area contributed by atoms with Gasteiger partial charge in [-0.05, 0) is 48.6 Å². The Hall–Kier alpha value is -2.00. The molecular weight excluding hydrogens is 262 g/mol. The number of para-hydroxylation sites is 1. The monoisotopic (exact) mass is 283 g/mol. The Morgan fingerprint density at radius 2 is 2.00 bits per heavy atom. The first-order valence-corrected chi connectivity index (χ1v) is 7.48. The summed E-state index contributed by atoms with van der Waals surface area (Å²) in [7, 11) is 0. The first-order chi connectivity index (χ1) is 10.1. The number of ether oxygens (including phenoxy) is 1. The maximum absolute atomic E-state index is 11.3. The zero-order valence-electron chi connectivity index (χ0n) is 12.3. The minimum atomic E-state index is -0.979. The van der Waals surface area contributed by atoms with Gasteiger partial charge in [0.2, 0.25) is 0 Å². The summed E-state index contributed by atoms with van der Waals surface area (Å²) in [5.41, 5.74) is 8.54. The highest BCUT2D eigenvalue weighted by molar-refractivity contribution is 5.54. The normalized spacial score (nSPS) is 20.3. The van der Waals surface area contributed by atoms with Crippen LogP contribution >= 0.6 is 0 Å². The maximum Gasteiger partial charge on any atom is 0.125 e. The Balaban J connectivity index is 2.05. The highest BCUT2D eigenvalue weighted by Crippen LogP contribution is 2.45. The highest BCUT2D eigenvalue weighted by Gasteiger charge is 2.40. The molecule has 0 radical (unpaired) electrons. The van der Waals surface area contributed by atoms with Crippen LogP contribution in [0.1, 0.15) is 36.5 Å². The van der Waals surface area contributed by atoms with E-state index in [2.05, 4.69) is 6.92 Å². The lowest BCUT2D eigenvalue weighted by Gasteiger charge is -2.27. The van der Waals surface area contributed by atoms with Gasteiger partial charge in [-0.1, -0.05) is 31.2 Å². The number of benzene rings is 2. The molecule has 110 valence electrons. The van der Waals surface area contributed by atoms with E-state index in [0.717, 1.165) is 41.0 Å². The van der Waals surface area contributed by atoms with Crippen molar-refractivity contribution in [2.75, 3.05) is 12.3 Å². The molecule has 0 aromatic heterocycles. The van der Waals surface area contributed by atoms with Crippen LogP contribution in [-0.4, -0.2) is 11.7 Å². The van der Waals surface area contributed by atoms with Gasteiger partial charge >= 0.3 is 0 Å². The van der Waals surface area contributed by atoms with Gasteiger partial charge in [-0.15, -0.1) is 0 Å². The third kappa shape index (κ3) is 2.38. The third-order valence-corrected chi connectivity index (χ3v) is 4.13. The van der Waals surface area contributed by atoms with Gasteiger partial charge in [0, 0.05) is 11.3 Å². The molecule has 3 N–H and O–H groups in total. The molecule has 2 aromatic carbocycles. The zero-order chi connectivity index (χ0) is 14.9. The molecule has 3 rings (SSSR count). The average molecular weight is 283 g/mol. The third-order valence-electron chi connectivity index (χ3n) is 4.13. The number of hydrogen-bond donors (Lipinski definition) is 2. The van der Waals surface area contributed by atoms with Crippen LogP contribution in [0.2, 0.25) is 0 Å². The molecule has 0 fully saturated rings. The number of nitrogens with two attached hydrogens (primary N) is 1. The van der Waals surface area contributed by atoms with Crippen molar-refractivity contribution >= 4 is 5.69 Å². The number of hydrogen-bond acceptors (Lipinski definition) is 3. The van der Waals surface area contributed by atoms with Crippen molar-refractivity contribution in [2.24, 2.45) is 0 Å². The lowest BCUT2D eigenvalue weighted by atomic mass is 9.87. The van der Waals surface area contributed by atoms with Crippen LogP contribution in [0.5, 0.6) is 5.75 Å². The standard InChI is InChI=1S/C18H21NO2/c1-2-11-21-17-6-4-3-5-16(17)18(20)10-9-13-12-14(19)7-8-15(13)18/h3-8,12,20H,2,9-11,19H2,1H3. The summed E-state index contributed by atoms with van der Waals surface area (Å²) in [5, 5.41) is 11.3. The van der Waals surface area contributed by atoms with Crippen molar-refractivity contribution in [1.29, 1.82) is 0 Å². The molecule has 0 bridgehead atoms. The predicted octanol–water partition coefficient (Wildman–Crippen LogP) is 3.24. The summed E-state index contributed by atoms with van der Waals surface area (Å²) in [5.74, 6) is 0.770. The molecule has 0 saturated heterocycles. The summed E-state index contributed by atoms with van der Waals surface area (Å²) >= 11 is 0. The fourth-order valence-electron chi connectivity index (χ4n) is 3.10. The molecule has 3 nitrogen and oxygen atoms in total. The van der Waals surface area contributed by atoms with Gasteiger partial charge in [0.25, 0.3) is 0 Å². The summed E-state index contributed by atoms with van der Waals surface area (Å²) < 4.78 is 5.82. The van der Waals surface area contributed by atoms with Crippen molar-refractivity contribution < 1.29 is 9.84 Å². The Morgan fingerprint density at radius 3 is 2.81 bits per heavy atom. The molecular formula is C18H21NO2. The van der Waals surface area contributed by atoms with E-state index < -0.39 is 5.60 Å². The molecule has 3 heteroatoms. The molecule has 0 heterocycles. The van der Waals surface area contributed by atoms with Crippen LogP contribution in [0.25, 0.3) is 0 Å². The number of aryl methyl sites for hydroxylation is 1.